The average molecular weight is 266 g/mol. The Kier molecular flexibility index (Phi) is 3.44. The highest BCUT2D eigenvalue weighted by Crippen LogP contribution is 2.27. The Morgan fingerprint density at radius 1 is 1.43 bits per heavy atom. The van der Waals surface area contributed by atoms with Gasteiger partial charge in [-0.25, -0.2) is 8.78 Å². The molecule has 1 rings (SSSR count). The van der Waals surface area contributed by atoms with E-state index in [-0.39, 0.29) is 11.3 Å². The molecule has 14 heavy (non-hydrogen) atoms. The van der Waals surface area contributed by atoms with Crippen LogP contribution in [0.4, 0.5) is 8.78 Å². The van der Waals surface area contributed by atoms with E-state index in [0.29, 0.717) is 4.47 Å². The van der Waals surface area contributed by atoms with E-state index in [9.17, 15) is 13.9 Å². The first-order chi connectivity index (χ1) is 6.44. The number of hydrogen-bond acceptors (Lipinski definition) is 2. The molecule has 0 aliphatic heterocycles. The monoisotopic (exact) mass is 265 g/mol. The maximum Gasteiger partial charge on any atom is 0.264 e. The van der Waals surface area contributed by atoms with Crippen LogP contribution < -0.4 is 5.73 Å². The van der Waals surface area contributed by atoms with Crippen LogP contribution in [0.3, 0.4) is 0 Å². The average Bonchev–Trinajstić information content (AvgIpc) is 2.10. The first kappa shape index (κ1) is 11.4. The normalized spacial score (nSPS) is 11.7. The summed E-state index contributed by atoms with van der Waals surface area (Å²) in [6.07, 6.45) is -0.539. The SMILES string of the molecule is NCC(F)(F)Cc1ccc(Br)cc1O. The van der Waals surface area contributed by atoms with E-state index in [1.165, 1.54) is 12.1 Å². The van der Waals surface area contributed by atoms with Gasteiger partial charge in [0.05, 0.1) is 6.54 Å². The van der Waals surface area contributed by atoms with Crippen LogP contribution in [0.5, 0.6) is 5.75 Å². The molecule has 0 saturated carbocycles. The number of halogens is 3. The minimum absolute atomic E-state index is 0.146. The molecule has 0 atom stereocenters. The van der Waals surface area contributed by atoms with Crippen molar-refractivity contribution in [3.63, 3.8) is 0 Å². The molecule has 5 heteroatoms. The van der Waals surface area contributed by atoms with Crippen molar-refractivity contribution < 1.29 is 13.9 Å². The molecule has 2 nitrogen and oxygen atoms in total. The van der Waals surface area contributed by atoms with Gasteiger partial charge >= 0.3 is 0 Å². The number of hydrogen-bond donors (Lipinski definition) is 2. The van der Waals surface area contributed by atoms with Gasteiger partial charge in [0.15, 0.2) is 0 Å². The Balaban J connectivity index is 2.87. The minimum atomic E-state index is -2.97. The summed E-state index contributed by atoms with van der Waals surface area (Å²) in [5.74, 6) is -3.11. The Labute approximate surface area is 88.9 Å². The molecule has 0 unspecified atom stereocenters. The second-order valence-corrected chi connectivity index (χ2v) is 3.93. The summed E-state index contributed by atoms with van der Waals surface area (Å²) in [5.41, 5.74) is 5.09. The van der Waals surface area contributed by atoms with Crippen molar-refractivity contribution in [2.45, 2.75) is 12.3 Å². The van der Waals surface area contributed by atoms with Crippen LogP contribution in [0.25, 0.3) is 0 Å². The molecule has 0 aliphatic carbocycles. The summed E-state index contributed by atoms with van der Waals surface area (Å²) < 4.78 is 26.4. The van der Waals surface area contributed by atoms with E-state index in [2.05, 4.69) is 15.9 Å². The third-order valence-corrected chi connectivity index (χ3v) is 2.29. The van der Waals surface area contributed by atoms with Crippen molar-refractivity contribution in [1.82, 2.24) is 0 Å². The lowest BCUT2D eigenvalue weighted by Gasteiger charge is -2.14. The van der Waals surface area contributed by atoms with Crippen molar-refractivity contribution in [3.05, 3.63) is 28.2 Å². The van der Waals surface area contributed by atoms with Gasteiger partial charge in [-0.1, -0.05) is 22.0 Å². The summed E-state index contributed by atoms with van der Waals surface area (Å²) >= 11 is 3.12. The van der Waals surface area contributed by atoms with Crippen LogP contribution in [-0.4, -0.2) is 17.6 Å². The molecule has 0 bridgehead atoms. The van der Waals surface area contributed by atoms with Crippen LogP contribution >= 0.6 is 15.9 Å². The maximum absolute atomic E-state index is 12.9. The van der Waals surface area contributed by atoms with Crippen molar-refractivity contribution in [1.29, 1.82) is 0 Å². The lowest BCUT2D eigenvalue weighted by Crippen LogP contribution is -2.30. The Morgan fingerprint density at radius 2 is 2.07 bits per heavy atom. The predicted octanol–water partition coefficient (Wildman–Crippen LogP) is 2.29. The van der Waals surface area contributed by atoms with Crippen molar-refractivity contribution in [2.75, 3.05) is 6.54 Å². The van der Waals surface area contributed by atoms with Crippen molar-refractivity contribution in [3.8, 4) is 5.75 Å². The molecule has 0 amide bonds. The van der Waals surface area contributed by atoms with Gasteiger partial charge in [-0.15, -0.1) is 0 Å². The van der Waals surface area contributed by atoms with Crippen LogP contribution in [-0.2, 0) is 6.42 Å². The van der Waals surface area contributed by atoms with Crippen molar-refractivity contribution >= 4 is 15.9 Å². The number of nitrogens with two attached hydrogens (primary N) is 1. The third kappa shape index (κ3) is 2.92. The van der Waals surface area contributed by atoms with Crippen LogP contribution in [0, 0.1) is 0 Å². The van der Waals surface area contributed by atoms with Gasteiger partial charge in [0.2, 0.25) is 0 Å². The Bertz CT molecular complexity index is 331. The molecule has 0 fully saturated rings. The van der Waals surface area contributed by atoms with E-state index in [4.69, 9.17) is 5.73 Å². The summed E-state index contributed by atoms with van der Waals surface area (Å²) in [4.78, 5) is 0. The standard InChI is InChI=1S/C9H10BrF2NO/c10-7-2-1-6(8(14)3-7)4-9(11,12)5-13/h1-3,14H,4-5,13H2. The van der Waals surface area contributed by atoms with Gasteiger partial charge in [0.1, 0.15) is 5.75 Å². The number of phenolic OH excluding ortho intramolecular Hbond substituents is 1. The molecule has 1 aromatic carbocycles. The molecule has 3 N–H and O–H groups in total. The quantitative estimate of drug-likeness (QED) is 0.881. The lowest BCUT2D eigenvalue weighted by atomic mass is 10.1. The molecule has 78 valence electrons. The lowest BCUT2D eigenvalue weighted by molar-refractivity contribution is 0.0109. The second-order valence-electron chi connectivity index (χ2n) is 3.01. The molecule has 1 aromatic rings. The van der Waals surface area contributed by atoms with Gasteiger partial charge in [-0.3, -0.25) is 0 Å². The second kappa shape index (κ2) is 4.23. The van der Waals surface area contributed by atoms with Gasteiger partial charge < -0.3 is 10.8 Å². The highest BCUT2D eigenvalue weighted by Gasteiger charge is 2.28. The molecule has 0 heterocycles. The fourth-order valence-corrected chi connectivity index (χ4v) is 1.39. The van der Waals surface area contributed by atoms with Gasteiger partial charge in [0.25, 0.3) is 5.92 Å². The van der Waals surface area contributed by atoms with E-state index < -0.39 is 18.9 Å². The number of alkyl halides is 2. The van der Waals surface area contributed by atoms with Gasteiger partial charge in [0, 0.05) is 10.9 Å². The number of benzene rings is 1. The molecular weight excluding hydrogens is 256 g/mol. The summed E-state index contributed by atoms with van der Waals surface area (Å²) in [6, 6.07) is 4.42. The summed E-state index contributed by atoms with van der Waals surface area (Å²) in [5, 5.41) is 9.35. The fourth-order valence-electron chi connectivity index (χ4n) is 1.04. The molecular formula is C9H10BrF2NO. The summed E-state index contributed by atoms with van der Waals surface area (Å²) in [6.45, 7) is -0.720. The molecule has 0 aliphatic rings. The zero-order valence-electron chi connectivity index (χ0n) is 7.30. The van der Waals surface area contributed by atoms with Gasteiger partial charge in [-0.2, -0.15) is 0 Å². The molecule has 0 aromatic heterocycles. The Hall–Kier alpha value is -0.680. The van der Waals surface area contributed by atoms with E-state index in [0.717, 1.165) is 0 Å². The number of aromatic hydroxyl groups is 1. The van der Waals surface area contributed by atoms with Crippen LogP contribution in [0.1, 0.15) is 5.56 Å². The zero-order chi connectivity index (χ0) is 10.8. The third-order valence-electron chi connectivity index (χ3n) is 1.80. The highest BCUT2D eigenvalue weighted by molar-refractivity contribution is 9.10. The Morgan fingerprint density at radius 3 is 2.57 bits per heavy atom. The molecule has 0 spiro atoms. The van der Waals surface area contributed by atoms with Crippen molar-refractivity contribution in [2.24, 2.45) is 5.73 Å². The van der Waals surface area contributed by atoms with E-state index in [1.54, 1.807) is 6.07 Å². The first-order valence-corrected chi connectivity index (χ1v) is 4.79. The van der Waals surface area contributed by atoms with E-state index in [1.807, 2.05) is 0 Å². The molecule has 0 radical (unpaired) electrons. The van der Waals surface area contributed by atoms with Crippen LogP contribution in [0.15, 0.2) is 22.7 Å². The van der Waals surface area contributed by atoms with Crippen LogP contribution in [0.2, 0.25) is 0 Å². The smallest absolute Gasteiger partial charge is 0.264 e. The largest absolute Gasteiger partial charge is 0.508 e. The number of rotatable bonds is 3. The fraction of sp³-hybridized carbons (Fsp3) is 0.333. The predicted molar refractivity (Wildman–Crippen MR) is 53.5 cm³/mol. The maximum atomic E-state index is 12.9. The van der Waals surface area contributed by atoms with Gasteiger partial charge in [-0.05, 0) is 17.7 Å². The minimum Gasteiger partial charge on any atom is -0.508 e. The summed E-state index contributed by atoms with van der Waals surface area (Å²) in [7, 11) is 0. The first-order valence-electron chi connectivity index (χ1n) is 4.00. The van der Waals surface area contributed by atoms with E-state index >= 15 is 0 Å². The highest BCUT2D eigenvalue weighted by atomic mass is 79.9. The molecule has 0 saturated heterocycles. The topological polar surface area (TPSA) is 46.2 Å². The number of phenols is 1. The zero-order valence-corrected chi connectivity index (χ0v) is 8.89.